The van der Waals surface area contributed by atoms with Gasteiger partial charge >= 0.3 is 0 Å². The van der Waals surface area contributed by atoms with E-state index in [-0.39, 0.29) is 86.9 Å². The number of methoxy groups -OCH3 is 7. The van der Waals surface area contributed by atoms with Crippen molar-refractivity contribution in [3.8, 4) is 0 Å². The van der Waals surface area contributed by atoms with Crippen LogP contribution in [0.4, 0.5) is 0 Å². The molecular weight excluding hydrogens is 676 g/mol. The maximum Gasteiger partial charge on any atom is 0.187 e. The van der Waals surface area contributed by atoms with E-state index < -0.39 is 12.4 Å². The Kier molecular flexibility index (Phi) is 10.7. The molecule has 0 radical (unpaired) electrons. The van der Waals surface area contributed by atoms with Gasteiger partial charge < -0.3 is 47.4 Å². The highest BCUT2D eigenvalue weighted by Crippen LogP contribution is 2.89. The lowest BCUT2D eigenvalue weighted by molar-refractivity contribution is -0.339. The summed E-state index contributed by atoms with van der Waals surface area (Å²) in [4.78, 5) is 0. The number of rotatable bonds is 12. The third-order valence-electron chi connectivity index (χ3n) is 17.8. The Morgan fingerprint density at radius 1 is 0.679 bits per heavy atom. The summed E-state index contributed by atoms with van der Waals surface area (Å²) in [5.41, 5.74) is -0.216. The summed E-state index contributed by atoms with van der Waals surface area (Å²) in [7, 11) is 12.5. The van der Waals surface area contributed by atoms with Gasteiger partial charge in [0, 0.05) is 55.7 Å². The minimum Gasteiger partial charge on any atom is -0.382 e. The van der Waals surface area contributed by atoms with Gasteiger partial charge in [-0.25, -0.2) is 0 Å². The van der Waals surface area contributed by atoms with Gasteiger partial charge in [-0.15, -0.1) is 0 Å². The summed E-state index contributed by atoms with van der Waals surface area (Å²) in [6, 6.07) is 0. The van der Waals surface area contributed by atoms with Gasteiger partial charge in [-0.2, -0.15) is 0 Å². The number of hydrogen-bond acceptors (Lipinski definition) is 10. The Hall–Kier alpha value is -0.400. The van der Waals surface area contributed by atoms with E-state index >= 15 is 0 Å². The molecule has 5 aliphatic carbocycles. The van der Waals surface area contributed by atoms with Crippen LogP contribution in [0.3, 0.4) is 0 Å². The van der Waals surface area contributed by atoms with Crippen molar-refractivity contribution in [2.24, 2.45) is 44.8 Å². The molecule has 2 aliphatic heterocycles. The van der Waals surface area contributed by atoms with E-state index in [4.69, 9.17) is 47.4 Å². The minimum atomic E-state index is -0.638. The molecule has 2 spiro atoms. The van der Waals surface area contributed by atoms with Crippen LogP contribution in [0.1, 0.15) is 106 Å². The molecule has 53 heavy (non-hydrogen) atoms. The predicted octanol–water partition coefficient (Wildman–Crippen LogP) is 6.84. The molecule has 0 aromatic heterocycles. The van der Waals surface area contributed by atoms with Crippen molar-refractivity contribution in [3.05, 3.63) is 0 Å². The lowest BCUT2D eigenvalue weighted by atomic mass is 9.41. The molecule has 5 saturated carbocycles. The topological polar surface area (TPSA) is 92.3 Å². The van der Waals surface area contributed by atoms with Gasteiger partial charge in [-0.05, 0) is 117 Å². The second kappa shape index (κ2) is 13.9. The number of fused-ring (bicyclic) bond motifs is 2. The summed E-state index contributed by atoms with van der Waals surface area (Å²) in [6.07, 6.45) is 8.06. The minimum absolute atomic E-state index is 0.0255. The van der Waals surface area contributed by atoms with Crippen LogP contribution in [0.2, 0.25) is 0 Å². The first-order chi connectivity index (χ1) is 25.0. The van der Waals surface area contributed by atoms with Gasteiger partial charge in [-0.3, -0.25) is 0 Å². The molecule has 7 fully saturated rings. The third kappa shape index (κ3) is 5.60. The maximum atomic E-state index is 7.50. The van der Waals surface area contributed by atoms with Crippen LogP contribution >= 0.6 is 0 Å². The summed E-state index contributed by atoms with van der Waals surface area (Å²) < 4.78 is 64.2. The molecule has 7 aliphatic rings. The number of hydrogen-bond donors (Lipinski definition) is 0. The van der Waals surface area contributed by atoms with E-state index in [0.717, 1.165) is 32.1 Å². The molecule has 17 atom stereocenters. The van der Waals surface area contributed by atoms with Gasteiger partial charge in [0.2, 0.25) is 0 Å². The smallest absolute Gasteiger partial charge is 0.187 e. The van der Waals surface area contributed by atoms with Crippen LogP contribution in [-0.4, -0.2) is 123 Å². The zero-order chi connectivity index (χ0) is 38.6. The van der Waals surface area contributed by atoms with E-state index in [2.05, 4.69) is 48.5 Å². The first kappa shape index (κ1) is 40.8. The summed E-state index contributed by atoms with van der Waals surface area (Å²) in [5.74, 6) is 1.05. The Morgan fingerprint density at radius 3 is 1.98 bits per heavy atom. The van der Waals surface area contributed by atoms with Gasteiger partial charge in [0.1, 0.15) is 24.4 Å². The summed E-state index contributed by atoms with van der Waals surface area (Å²) in [6.45, 7) is 17.2. The zero-order valence-corrected chi connectivity index (χ0v) is 35.6. The normalized spacial score (nSPS) is 53.1. The van der Waals surface area contributed by atoms with Crippen molar-refractivity contribution < 1.29 is 47.4 Å². The Labute approximate surface area is 320 Å². The quantitative estimate of drug-likeness (QED) is 0.198. The van der Waals surface area contributed by atoms with E-state index in [9.17, 15) is 0 Å². The highest BCUT2D eigenvalue weighted by molar-refractivity contribution is 5.33. The predicted molar refractivity (Wildman–Crippen MR) is 201 cm³/mol. The van der Waals surface area contributed by atoms with E-state index in [1.807, 2.05) is 21.3 Å². The van der Waals surface area contributed by atoms with Gasteiger partial charge in [-0.1, -0.05) is 27.7 Å². The molecule has 0 aromatic rings. The standard InChI is InChI=1S/C43H74O10/c1-37(2)29(46-10)16-18-43-24-42(43)20-19-39(5)35(41(7)17-15-30(53-41)38(3,4)50-14)26(45-9)22-40(39,6)28(42)21-25(34(37)43)51-36-33(49-13)32(48-12)31(47-11)27(52-36)23-44-8/h25-36H,15-24H2,1-14H3/t25-,26-,27+,28-,29-,30-,31+,32-,33+,34-,35-,36?,39+,40-,41+,42-,43?/m0/s1. The molecule has 2 saturated heterocycles. The van der Waals surface area contributed by atoms with Crippen LogP contribution in [0.25, 0.3) is 0 Å². The van der Waals surface area contributed by atoms with Crippen LogP contribution in [0, 0.1) is 44.8 Å². The molecular formula is C43H74O10. The molecule has 10 nitrogen and oxygen atoms in total. The molecule has 0 N–H and O–H groups in total. The largest absolute Gasteiger partial charge is 0.382 e. The van der Waals surface area contributed by atoms with E-state index in [0.29, 0.717) is 18.4 Å². The van der Waals surface area contributed by atoms with Crippen LogP contribution < -0.4 is 0 Å². The van der Waals surface area contributed by atoms with Crippen LogP contribution in [0.5, 0.6) is 0 Å². The second-order valence-corrected chi connectivity index (χ2v) is 20.2. The lowest BCUT2D eigenvalue weighted by Gasteiger charge is -2.65. The van der Waals surface area contributed by atoms with Gasteiger partial charge in [0.15, 0.2) is 6.29 Å². The van der Waals surface area contributed by atoms with Crippen molar-refractivity contribution in [1.29, 1.82) is 0 Å². The fraction of sp³-hybridized carbons (Fsp3) is 1.00. The Balaban J connectivity index is 1.28. The Bertz CT molecular complexity index is 1330. The van der Waals surface area contributed by atoms with Crippen LogP contribution in [0.15, 0.2) is 0 Å². The number of ether oxygens (including phenoxy) is 10. The van der Waals surface area contributed by atoms with Crippen molar-refractivity contribution in [3.63, 3.8) is 0 Å². The highest BCUT2D eigenvalue weighted by atomic mass is 16.7. The molecule has 0 aromatic carbocycles. The van der Waals surface area contributed by atoms with Crippen molar-refractivity contribution in [2.45, 2.75) is 173 Å². The van der Waals surface area contributed by atoms with E-state index in [1.54, 1.807) is 28.4 Å². The average Bonchev–Trinajstić information content (AvgIpc) is 3.46. The van der Waals surface area contributed by atoms with Gasteiger partial charge in [0.25, 0.3) is 0 Å². The fourth-order valence-electron chi connectivity index (χ4n) is 15.2. The van der Waals surface area contributed by atoms with Crippen molar-refractivity contribution >= 4 is 0 Å². The molecule has 306 valence electrons. The Morgan fingerprint density at radius 2 is 1.38 bits per heavy atom. The first-order valence-electron chi connectivity index (χ1n) is 20.6. The third-order valence-corrected chi connectivity index (χ3v) is 17.8. The average molecular weight is 751 g/mol. The van der Waals surface area contributed by atoms with Crippen molar-refractivity contribution in [1.82, 2.24) is 0 Å². The monoisotopic (exact) mass is 751 g/mol. The first-order valence-corrected chi connectivity index (χ1v) is 20.6. The van der Waals surface area contributed by atoms with Crippen molar-refractivity contribution in [2.75, 3.05) is 56.4 Å². The molecule has 0 bridgehead atoms. The molecule has 2 unspecified atom stereocenters. The fourth-order valence-corrected chi connectivity index (χ4v) is 15.2. The molecule has 0 amide bonds. The molecule has 2 heterocycles. The molecule has 7 rings (SSSR count). The van der Waals surface area contributed by atoms with Gasteiger partial charge in [0.05, 0.1) is 42.2 Å². The zero-order valence-electron chi connectivity index (χ0n) is 35.6. The lowest BCUT2D eigenvalue weighted by Crippen LogP contribution is -2.65. The van der Waals surface area contributed by atoms with Crippen LogP contribution in [-0.2, 0) is 47.4 Å². The summed E-state index contributed by atoms with van der Waals surface area (Å²) in [5, 5.41) is 0. The maximum absolute atomic E-state index is 7.50. The highest BCUT2D eigenvalue weighted by Gasteiger charge is 2.85. The second-order valence-electron chi connectivity index (χ2n) is 20.2. The molecule has 10 heteroatoms. The summed E-state index contributed by atoms with van der Waals surface area (Å²) >= 11 is 0. The van der Waals surface area contributed by atoms with E-state index in [1.165, 1.54) is 25.7 Å². The SMILES string of the molecule is COC[C@H]1OC(O[C@H]2C[C@@H]3[C@]4(CC[C@]5(C)[C@@H]([C@@]6(C)CC[C@@H](C(C)(C)OC)O6)[C@@H](OC)C[C@@]35C)CC43CC[C@H](OC)C(C)(C)[C@H]23)[C@H](OC)[C@@H](OC)[C@@H]1OC.